The highest BCUT2D eigenvalue weighted by Crippen LogP contribution is 2.05. The molecule has 0 heterocycles. The summed E-state index contributed by atoms with van der Waals surface area (Å²) in [7, 11) is 1.59. The van der Waals surface area contributed by atoms with Crippen molar-refractivity contribution in [3.05, 3.63) is 0 Å². The lowest BCUT2D eigenvalue weighted by Crippen LogP contribution is -2.49. The number of hydrogen-bond acceptors (Lipinski definition) is 3. The fraction of sp³-hybridized carbons (Fsp3) is 0.846. The van der Waals surface area contributed by atoms with Crippen LogP contribution in [0.15, 0.2) is 0 Å². The lowest BCUT2D eigenvalue weighted by molar-refractivity contribution is -0.141. The third-order valence-corrected chi connectivity index (χ3v) is 3.04. The first-order valence-electron chi connectivity index (χ1n) is 6.60. The number of rotatable bonds is 8. The van der Waals surface area contributed by atoms with Crippen LogP contribution in [0.4, 0.5) is 4.79 Å². The summed E-state index contributed by atoms with van der Waals surface area (Å²) < 4.78 is 5.07. The van der Waals surface area contributed by atoms with Crippen molar-refractivity contribution in [2.75, 3.05) is 26.8 Å². The summed E-state index contributed by atoms with van der Waals surface area (Å²) in [6.45, 7) is 8.54. The van der Waals surface area contributed by atoms with Gasteiger partial charge in [0.1, 0.15) is 0 Å². The summed E-state index contributed by atoms with van der Waals surface area (Å²) in [5, 5.41) is 11.8. The first-order valence-corrected chi connectivity index (χ1v) is 6.60. The number of ether oxygens (including phenoxy) is 1. The molecule has 6 heteroatoms. The van der Waals surface area contributed by atoms with Crippen LogP contribution in [0.1, 0.15) is 27.7 Å². The fourth-order valence-corrected chi connectivity index (χ4v) is 1.59. The molecule has 0 aromatic rings. The molecule has 0 aromatic carbocycles. The molecule has 0 fully saturated rings. The quantitative estimate of drug-likeness (QED) is 0.701. The summed E-state index contributed by atoms with van der Waals surface area (Å²) in [6, 6.07) is -0.321. The van der Waals surface area contributed by atoms with Gasteiger partial charge in [-0.15, -0.1) is 0 Å². The second kappa shape index (κ2) is 8.74. The Hall–Kier alpha value is -1.30. The van der Waals surface area contributed by atoms with Crippen LogP contribution in [0.25, 0.3) is 0 Å². The van der Waals surface area contributed by atoms with Gasteiger partial charge in [-0.2, -0.15) is 0 Å². The summed E-state index contributed by atoms with van der Waals surface area (Å²) in [4.78, 5) is 24.4. The minimum atomic E-state index is -0.899. The van der Waals surface area contributed by atoms with Crippen molar-refractivity contribution in [1.82, 2.24) is 10.2 Å². The molecule has 0 saturated carbocycles. The van der Waals surface area contributed by atoms with Gasteiger partial charge in [0.2, 0.25) is 0 Å². The number of nitrogens with zero attached hydrogens (tertiary/aromatic N) is 1. The largest absolute Gasteiger partial charge is 0.481 e. The van der Waals surface area contributed by atoms with Gasteiger partial charge in [-0.25, -0.2) is 4.79 Å². The van der Waals surface area contributed by atoms with Gasteiger partial charge in [-0.3, -0.25) is 4.79 Å². The number of methoxy groups -OCH3 is 1. The van der Waals surface area contributed by atoms with E-state index in [1.165, 1.54) is 4.90 Å². The zero-order valence-electron chi connectivity index (χ0n) is 12.5. The number of carboxylic acid groups (broad SMARTS) is 1. The molecule has 0 saturated heterocycles. The van der Waals surface area contributed by atoms with E-state index in [-0.39, 0.29) is 24.5 Å². The topological polar surface area (TPSA) is 78.9 Å². The van der Waals surface area contributed by atoms with E-state index in [9.17, 15) is 9.59 Å². The number of urea groups is 1. The maximum Gasteiger partial charge on any atom is 0.317 e. The van der Waals surface area contributed by atoms with Crippen LogP contribution in [0.2, 0.25) is 0 Å². The molecule has 2 amide bonds. The van der Waals surface area contributed by atoms with Gasteiger partial charge >= 0.3 is 12.0 Å². The zero-order valence-corrected chi connectivity index (χ0v) is 12.5. The monoisotopic (exact) mass is 274 g/mol. The van der Waals surface area contributed by atoms with Crippen LogP contribution < -0.4 is 5.32 Å². The Balaban J connectivity index is 4.53. The third-order valence-electron chi connectivity index (χ3n) is 3.04. The SMILES string of the molecule is CCN(CC(C)C(=O)O)C(=O)NC(COC)C(C)C. The highest BCUT2D eigenvalue weighted by Gasteiger charge is 2.22. The van der Waals surface area contributed by atoms with Crippen LogP contribution in [0.3, 0.4) is 0 Å². The number of carbonyl (C=O) groups is 2. The van der Waals surface area contributed by atoms with Crippen LogP contribution in [-0.2, 0) is 9.53 Å². The lowest BCUT2D eigenvalue weighted by atomic mass is 10.1. The number of amides is 2. The first kappa shape index (κ1) is 17.7. The first-order chi connectivity index (χ1) is 8.83. The van der Waals surface area contributed by atoms with Crippen molar-refractivity contribution in [2.24, 2.45) is 11.8 Å². The highest BCUT2D eigenvalue weighted by atomic mass is 16.5. The van der Waals surface area contributed by atoms with Gasteiger partial charge in [0.05, 0.1) is 18.6 Å². The molecule has 0 aliphatic rings. The van der Waals surface area contributed by atoms with Crippen LogP contribution in [-0.4, -0.2) is 54.9 Å². The van der Waals surface area contributed by atoms with Gasteiger partial charge < -0.3 is 20.1 Å². The second-order valence-corrected chi connectivity index (χ2v) is 5.03. The molecule has 2 N–H and O–H groups in total. The van der Waals surface area contributed by atoms with Crippen molar-refractivity contribution >= 4 is 12.0 Å². The van der Waals surface area contributed by atoms with Crippen LogP contribution in [0, 0.1) is 11.8 Å². The Morgan fingerprint density at radius 2 is 1.89 bits per heavy atom. The van der Waals surface area contributed by atoms with Crippen molar-refractivity contribution < 1.29 is 19.4 Å². The highest BCUT2D eigenvalue weighted by molar-refractivity contribution is 5.76. The smallest absolute Gasteiger partial charge is 0.317 e. The standard InChI is InChI=1S/C13H26N2O4/c1-6-15(7-10(4)12(16)17)13(18)14-11(8-19-5)9(2)3/h9-11H,6-8H2,1-5H3,(H,14,18)(H,16,17). The molecule has 0 spiro atoms. The Labute approximate surface area is 115 Å². The number of hydrogen-bond donors (Lipinski definition) is 2. The maximum absolute atomic E-state index is 12.1. The molecule has 6 nitrogen and oxygen atoms in total. The van der Waals surface area contributed by atoms with Gasteiger partial charge in [0.25, 0.3) is 0 Å². The van der Waals surface area contributed by atoms with E-state index in [0.29, 0.717) is 13.2 Å². The average Bonchev–Trinajstić information content (AvgIpc) is 2.34. The summed E-state index contributed by atoms with van der Waals surface area (Å²) in [6.07, 6.45) is 0. The molecule has 0 aliphatic carbocycles. The second-order valence-electron chi connectivity index (χ2n) is 5.03. The van der Waals surface area contributed by atoms with E-state index >= 15 is 0 Å². The van der Waals surface area contributed by atoms with E-state index in [4.69, 9.17) is 9.84 Å². The van der Waals surface area contributed by atoms with Gasteiger partial charge in [0.15, 0.2) is 0 Å². The van der Waals surface area contributed by atoms with Gasteiger partial charge in [0, 0.05) is 20.2 Å². The molecule has 112 valence electrons. The van der Waals surface area contributed by atoms with E-state index < -0.39 is 11.9 Å². The molecule has 19 heavy (non-hydrogen) atoms. The Morgan fingerprint density at radius 1 is 1.32 bits per heavy atom. The average molecular weight is 274 g/mol. The summed E-state index contributed by atoms with van der Waals surface area (Å²) in [5.41, 5.74) is 0. The molecular weight excluding hydrogens is 248 g/mol. The van der Waals surface area contributed by atoms with E-state index in [2.05, 4.69) is 5.32 Å². The van der Waals surface area contributed by atoms with Crippen LogP contribution >= 0.6 is 0 Å². The van der Waals surface area contributed by atoms with E-state index in [1.54, 1.807) is 14.0 Å². The van der Waals surface area contributed by atoms with E-state index in [0.717, 1.165) is 0 Å². The van der Waals surface area contributed by atoms with Crippen molar-refractivity contribution in [3.63, 3.8) is 0 Å². The molecule has 0 rings (SSSR count). The van der Waals surface area contributed by atoms with Crippen molar-refractivity contribution in [3.8, 4) is 0 Å². The van der Waals surface area contributed by atoms with Gasteiger partial charge in [-0.05, 0) is 12.8 Å². The number of aliphatic carboxylic acids is 1. The molecule has 2 atom stereocenters. The molecule has 0 radical (unpaired) electrons. The normalized spacial score (nSPS) is 14.0. The molecular formula is C13H26N2O4. The molecule has 0 bridgehead atoms. The third kappa shape index (κ3) is 6.42. The van der Waals surface area contributed by atoms with E-state index in [1.807, 2.05) is 20.8 Å². The zero-order chi connectivity index (χ0) is 15.0. The number of carbonyl (C=O) groups excluding carboxylic acids is 1. The summed E-state index contributed by atoms with van der Waals surface area (Å²) in [5.74, 6) is -1.23. The van der Waals surface area contributed by atoms with Gasteiger partial charge in [-0.1, -0.05) is 20.8 Å². The minimum absolute atomic E-state index is 0.0771. The molecule has 2 unspecified atom stereocenters. The summed E-state index contributed by atoms with van der Waals surface area (Å²) >= 11 is 0. The predicted octanol–water partition coefficient (Wildman–Crippen LogP) is 1.41. The van der Waals surface area contributed by atoms with Crippen molar-refractivity contribution in [2.45, 2.75) is 33.7 Å². The lowest BCUT2D eigenvalue weighted by Gasteiger charge is -2.28. The molecule has 0 aromatic heterocycles. The number of carboxylic acids is 1. The van der Waals surface area contributed by atoms with Crippen LogP contribution in [0.5, 0.6) is 0 Å². The number of nitrogens with one attached hydrogen (secondary N) is 1. The Morgan fingerprint density at radius 3 is 2.26 bits per heavy atom. The Kier molecular flexibility index (Phi) is 8.14. The maximum atomic E-state index is 12.1. The van der Waals surface area contributed by atoms with Crippen molar-refractivity contribution in [1.29, 1.82) is 0 Å². The fourth-order valence-electron chi connectivity index (χ4n) is 1.59. The minimum Gasteiger partial charge on any atom is -0.481 e. The molecule has 0 aliphatic heterocycles. The Bertz CT molecular complexity index is 294. The predicted molar refractivity (Wildman–Crippen MR) is 73.1 cm³/mol.